The van der Waals surface area contributed by atoms with Gasteiger partial charge in [-0.25, -0.2) is 0 Å². The molecule has 1 heterocycles. The van der Waals surface area contributed by atoms with E-state index in [-0.39, 0.29) is 0 Å². The molecule has 3 heteroatoms. The van der Waals surface area contributed by atoms with E-state index in [1.165, 1.54) is 12.8 Å². The van der Waals surface area contributed by atoms with Crippen molar-refractivity contribution in [3.8, 4) is 0 Å². The minimum atomic E-state index is 0.340. The van der Waals surface area contributed by atoms with Crippen LogP contribution in [-0.4, -0.2) is 17.6 Å². The number of ether oxygens (including phenoxy) is 1. The standard InChI is InChI=1S/C13H20N2O/c1-10-4-2-6-12(15-10)9-16-13-7-3-5-11(13)8-14/h2,4,6,11,13H,3,5,7-9,14H2,1H3. The molecule has 0 bridgehead atoms. The zero-order chi connectivity index (χ0) is 11.4. The summed E-state index contributed by atoms with van der Waals surface area (Å²) in [6.45, 7) is 3.36. The molecule has 0 amide bonds. The van der Waals surface area contributed by atoms with Gasteiger partial charge >= 0.3 is 0 Å². The van der Waals surface area contributed by atoms with Crippen LogP contribution in [0.5, 0.6) is 0 Å². The SMILES string of the molecule is Cc1cccc(COC2CCCC2CN)n1. The van der Waals surface area contributed by atoms with Crippen LogP contribution < -0.4 is 5.73 Å². The quantitative estimate of drug-likeness (QED) is 0.844. The Kier molecular flexibility index (Phi) is 3.91. The topological polar surface area (TPSA) is 48.1 Å². The van der Waals surface area contributed by atoms with E-state index >= 15 is 0 Å². The molecule has 0 radical (unpaired) electrons. The second-order valence-corrected chi connectivity index (χ2v) is 4.55. The third-order valence-electron chi connectivity index (χ3n) is 3.28. The third kappa shape index (κ3) is 2.80. The Morgan fingerprint density at radius 1 is 1.44 bits per heavy atom. The highest BCUT2D eigenvalue weighted by atomic mass is 16.5. The van der Waals surface area contributed by atoms with E-state index < -0.39 is 0 Å². The van der Waals surface area contributed by atoms with Crippen molar-refractivity contribution in [1.29, 1.82) is 0 Å². The summed E-state index contributed by atoms with van der Waals surface area (Å²) in [6, 6.07) is 6.04. The van der Waals surface area contributed by atoms with Crippen molar-refractivity contribution in [2.75, 3.05) is 6.54 Å². The Morgan fingerprint density at radius 2 is 2.31 bits per heavy atom. The lowest BCUT2D eigenvalue weighted by Gasteiger charge is -2.18. The molecule has 1 aliphatic rings. The van der Waals surface area contributed by atoms with Crippen LogP contribution >= 0.6 is 0 Å². The summed E-state index contributed by atoms with van der Waals surface area (Å²) in [4.78, 5) is 4.43. The summed E-state index contributed by atoms with van der Waals surface area (Å²) < 4.78 is 5.90. The van der Waals surface area contributed by atoms with E-state index in [4.69, 9.17) is 10.5 Å². The summed E-state index contributed by atoms with van der Waals surface area (Å²) in [7, 11) is 0. The van der Waals surface area contributed by atoms with Gasteiger partial charge in [0.05, 0.1) is 18.4 Å². The molecule has 2 N–H and O–H groups in total. The monoisotopic (exact) mass is 220 g/mol. The number of nitrogens with zero attached hydrogens (tertiary/aromatic N) is 1. The molecular weight excluding hydrogens is 200 g/mol. The number of hydrogen-bond donors (Lipinski definition) is 1. The Balaban J connectivity index is 1.87. The lowest BCUT2D eigenvalue weighted by atomic mass is 10.1. The van der Waals surface area contributed by atoms with E-state index in [1.807, 2.05) is 25.1 Å². The fraction of sp³-hybridized carbons (Fsp3) is 0.615. The molecule has 1 saturated carbocycles. The van der Waals surface area contributed by atoms with Gasteiger partial charge in [0.25, 0.3) is 0 Å². The number of hydrogen-bond acceptors (Lipinski definition) is 3. The first-order chi connectivity index (χ1) is 7.79. The zero-order valence-corrected chi connectivity index (χ0v) is 9.86. The van der Waals surface area contributed by atoms with Crippen molar-refractivity contribution in [3.63, 3.8) is 0 Å². The third-order valence-corrected chi connectivity index (χ3v) is 3.28. The maximum Gasteiger partial charge on any atom is 0.0891 e. The highest BCUT2D eigenvalue weighted by molar-refractivity contribution is 5.09. The molecule has 16 heavy (non-hydrogen) atoms. The first-order valence-electron chi connectivity index (χ1n) is 6.04. The molecule has 0 saturated heterocycles. The van der Waals surface area contributed by atoms with Gasteiger partial charge in [-0.2, -0.15) is 0 Å². The minimum Gasteiger partial charge on any atom is -0.372 e. The predicted octanol–water partition coefficient (Wildman–Crippen LogP) is 2.03. The molecular formula is C13H20N2O. The van der Waals surface area contributed by atoms with Crippen LogP contribution in [0.4, 0.5) is 0 Å². The summed E-state index contributed by atoms with van der Waals surface area (Å²) in [5.74, 6) is 0.546. The molecule has 1 aliphatic carbocycles. The van der Waals surface area contributed by atoms with E-state index in [0.29, 0.717) is 18.6 Å². The van der Waals surface area contributed by atoms with E-state index in [0.717, 1.165) is 24.4 Å². The van der Waals surface area contributed by atoms with Crippen molar-refractivity contribution < 1.29 is 4.74 Å². The average Bonchev–Trinajstić information content (AvgIpc) is 2.74. The number of rotatable bonds is 4. The fourth-order valence-corrected chi connectivity index (χ4v) is 2.36. The zero-order valence-electron chi connectivity index (χ0n) is 9.86. The summed E-state index contributed by atoms with van der Waals surface area (Å²) >= 11 is 0. The Bertz CT molecular complexity index is 340. The Morgan fingerprint density at radius 3 is 3.06 bits per heavy atom. The summed E-state index contributed by atoms with van der Waals surface area (Å²) in [5, 5.41) is 0. The fourth-order valence-electron chi connectivity index (χ4n) is 2.36. The van der Waals surface area contributed by atoms with Crippen LogP contribution in [0.1, 0.15) is 30.7 Å². The normalized spacial score (nSPS) is 24.9. The number of aryl methyl sites for hydroxylation is 1. The van der Waals surface area contributed by atoms with Crippen LogP contribution in [0.3, 0.4) is 0 Å². The van der Waals surface area contributed by atoms with E-state index in [9.17, 15) is 0 Å². The van der Waals surface area contributed by atoms with Gasteiger partial charge in [-0.15, -0.1) is 0 Å². The molecule has 1 aromatic rings. The average molecular weight is 220 g/mol. The number of nitrogens with two attached hydrogens (primary N) is 1. The molecule has 88 valence electrons. The molecule has 0 aromatic carbocycles. The summed E-state index contributed by atoms with van der Waals surface area (Å²) in [5.41, 5.74) is 7.78. The van der Waals surface area contributed by atoms with Gasteiger partial charge in [0.1, 0.15) is 0 Å². The Labute approximate surface area is 97.0 Å². The van der Waals surface area contributed by atoms with Gasteiger partial charge in [0.2, 0.25) is 0 Å². The molecule has 1 fully saturated rings. The van der Waals surface area contributed by atoms with Crippen molar-refractivity contribution >= 4 is 0 Å². The van der Waals surface area contributed by atoms with E-state index in [2.05, 4.69) is 4.98 Å². The second-order valence-electron chi connectivity index (χ2n) is 4.55. The molecule has 2 atom stereocenters. The van der Waals surface area contributed by atoms with Crippen molar-refractivity contribution in [2.45, 2.75) is 38.9 Å². The summed E-state index contributed by atoms with van der Waals surface area (Å²) in [6.07, 6.45) is 3.94. The van der Waals surface area contributed by atoms with Gasteiger partial charge < -0.3 is 10.5 Å². The van der Waals surface area contributed by atoms with E-state index in [1.54, 1.807) is 0 Å². The minimum absolute atomic E-state index is 0.340. The van der Waals surface area contributed by atoms with Crippen LogP contribution in [-0.2, 0) is 11.3 Å². The van der Waals surface area contributed by atoms with Crippen LogP contribution in [0, 0.1) is 12.8 Å². The van der Waals surface area contributed by atoms with Gasteiger partial charge in [-0.1, -0.05) is 12.5 Å². The van der Waals surface area contributed by atoms with Crippen molar-refractivity contribution in [1.82, 2.24) is 4.98 Å². The number of aromatic nitrogens is 1. The molecule has 2 rings (SSSR count). The predicted molar refractivity (Wildman–Crippen MR) is 63.9 cm³/mol. The highest BCUT2D eigenvalue weighted by Crippen LogP contribution is 2.27. The number of pyridine rings is 1. The molecule has 2 unspecified atom stereocenters. The van der Waals surface area contributed by atoms with Gasteiger partial charge in [-0.05, 0) is 44.4 Å². The smallest absolute Gasteiger partial charge is 0.0891 e. The molecule has 0 aliphatic heterocycles. The lowest BCUT2D eigenvalue weighted by Crippen LogP contribution is -2.25. The maximum atomic E-state index is 5.90. The van der Waals surface area contributed by atoms with Gasteiger partial charge in [0, 0.05) is 5.69 Å². The molecule has 1 aromatic heterocycles. The second kappa shape index (κ2) is 5.41. The van der Waals surface area contributed by atoms with Gasteiger partial charge in [-0.3, -0.25) is 4.98 Å². The van der Waals surface area contributed by atoms with Gasteiger partial charge in [0.15, 0.2) is 0 Å². The van der Waals surface area contributed by atoms with Crippen LogP contribution in [0.15, 0.2) is 18.2 Å². The maximum absolute atomic E-state index is 5.90. The first kappa shape index (κ1) is 11.6. The highest BCUT2D eigenvalue weighted by Gasteiger charge is 2.26. The Hall–Kier alpha value is -0.930. The van der Waals surface area contributed by atoms with Crippen LogP contribution in [0.25, 0.3) is 0 Å². The van der Waals surface area contributed by atoms with Crippen LogP contribution in [0.2, 0.25) is 0 Å². The lowest BCUT2D eigenvalue weighted by molar-refractivity contribution is 0.0166. The molecule has 0 spiro atoms. The van der Waals surface area contributed by atoms with Crippen molar-refractivity contribution in [2.24, 2.45) is 11.7 Å². The largest absolute Gasteiger partial charge is 0.372 e. The van der Waals surface area contributed by atoms with Crippen molar-refractivity contribution in [3.05, 3.63) is 29.6 Å². The molecule has 3 nitrogen and oxygen atoms in total. The first-order valence-corrected chi connectivity index (χ1v) is 6.04.